The third-order valence-electron chi connectivity index (χ3n) is 3.94. The van der Waals surface area contributed by atoms with E-state index in [4.69, 9.17) is 11.6 Å². The van der Waals surface area contributed by atoms with Crippen molar-refractivity contribution in [2.24, 2.45) is 5.92 Å². The highest BCUT2D eigenvalue weighted by molar-refractivity contribution is 6.33. The van der Waals surface area contributed by atoms with Crippen LogP contribution in [0, 0.1) is 12.8 Å². The van der Waals surface area contributed by atoms with E-state index in [-0.39, 0.29) is 5.54 Å². The average molecular weight is 281 g/mol. The molecule has 1 saturated heterocycles. The summed E-state index contributed by atoms with van der Waals surface area (Å²) in [6.07, 6.45) is 0. The minimum Gasteiger partial charge on any atom is -0.364 e. The van der Waals surface area contributed by atoms with E-state index in [1.807, 2.05) is 6.07 Å². The van der Waals surface area contributed by atoms with Crippen LogP contribution >= 0.6 is 11.6 Å². The van der Waals surface area contributed by atoms with E-state index in [2.05, 4.69) is 57.0 Å². The molecule has 3 heteroatoms. The van der Waals surface area contributed by atoms with Gasteiger partial charge in [-0.3, -0.25) is 0 Å². The molecule has 1 aromatic carbocycles. The summed E-state index contributed by atoms with van der Waals surface area (Å²) in [5.74, 6) is 0.597. The monoisotopic (exact) mass is 280 g/mol. The predicted octanol–water partition coefficient (Wildman–Crippen LogP) is 3.86. The van der Waals surface area contributed by atoms with Crippen molar-refractivity contribution in [1.82, 2.24) is 5.32 Å². The quantitative estimate of drug-likeness (QED) is 0.885. The minimum absolute atomic E-state index is 0.123. The molecular formula is C16H25ClN2. The number of nitrogens with zero attached hydrogens (tertiary/aromatic N) is 1. The van der Waals surface area contributed by atoms with Crippen molar-refractivity contribution in [2.45, 2.75) is 46.2 Å². The largest absolute Gasteiger partial charge is 0.364 e. The van der Waals surface area contributed by atoms with Crippen LogP contribution in [-0.4, -0.2) is 24.7 Å². The number of hydrogen-bond acceptors (Lipinski definition) is 2. The molecule has 1 heterocycles. The van der Waals surface area contributed by atoms with Gasteiger partial charge in [0.2, 0.25) is 0 Å². The molecule has 1 N–H and O–H groups in total. The van der Waals surface area contributed by atoms with Gasteiger partial charge >= 0.3 is 0 Å². The normalized spacial score (nSPS) is 22.9. The summed E-state index contributed by atoms with van der Waals surface area (Å²) < 4.78 is 0. The summed E-state index contributed by atoms with van der Waals surface area (Å²) in [5.41, 5.74) is 2.56. The van der Waals surface area contributed by atoms with Gasteiger partial charge in [-0.15, -0.1) is 0 Å². The molecule has 0 amide bonds. The van der Waals surface area contributed by atoms with Crippen molar-refractivity contribution < 1.29 is 0 Å². The highest BCUT2D eigenvalue weighted by atomic mass is 35.5. The van der Waals surface area contributed by atoms with Crippen molar-refractivity contribution in [2.75, 3.05) is 18.0 Å². The zero-order valence-corrected chi connectivity index (χ0v) is 13.4. The Morgan fingerprint density at radius 1 is 1.37 bits per heavy atom. The van der Waals surface area contributed by atoms with Crippen LogP contribution in [0.5, 0.6) is 0 Å². The number of anilines is 1. The fourth-order valence-electron chi connectivity index (χ4n) is 2.79. The van der Waals surface area contributed by atoms with Crippen LogP contribution in [0.4, 0.5) is 5.69 Å². The van der Waals surface area contributed by atoms with Crippen LogP contribution in [0.15, 0.2) is 18.2 Å². The Labute approximate surface area is 122 Å². The van der Waals surface area contributed by atoms with Crippen LogP contribution in [0.3, 0.4) is 0 Å². The van der Waals surface area contributed by atoms with Crippen molar-refractivity contribution in [3.8, 4) is 0 Å². The first-order valence-electron chi connectivity index (χ1n) is 7.08. The highest BCUT2D eigenvalue weighted by Crippen LogP contribution is 2.33. The Morgan fingerprint density at radius 3 is 2.68 bits per heavy atom. The molecule has 1 atom stereocenters. The molecule has 0 aromatic heterocycles. The van der Waals surface area contributed by atoms with Gasteiger partial charge in [-0.25, -0.2) is 0 Å². The highest BCUT2D eigenvalue weighted by Gasteiger charge is 2.34. The maximum Gasteiger partial charge on any atom is 0.0639 e. The van der Waals surface area contributed by atoms with E-state index in [9.17, 15) is 0 Å². The molecule has 0 aliphatic carbocycles. The summed E-state index contributed by atoms with van der Waals surface area (Å²) >= 11 is 6.43. The SMILES string of the molecule is Cc1ccc(Cl)c(N2CC(C)(C)NCC2C(C)C)c1. The topological polar surface area (TPSA) is 15.3 Å². The van der Waals surface area contributed by atoms with Crippen molar-refractivity contribution in [3.05, 3.63) is 28.8 Å². The molecule has 1 aliphatic heterocycles. The van der Waals surface area contributed by atoms with Gasteiger partial charge in [-0.2, -0.15) is 0 Å². The first kappa shape index (κ1) is 14.7. The van der Waals surface area contributed by atoms with Crippen LogP contribution in [0.25, 0.3) is 0 Å². The first-order chi connectivity index (χ1) is 8.80. The number of aryl methyl sites for hydroxylation is 1. The van der Waals surface area contributed by atoms with Crippen LogP contribution < -0.4 is 10.2 Å². The lowest BCUT2D eigenvalue weighted by Gasteiger charge is -2.47. The molecular weight excluding hydrogens is 256 g/mol. The molecule has 19 heavy (non-hydrogen) atoms. The van der Waals surface area contributed by atoms with E-state index in [0.717, 1.165) is 18.1 Å². The molecule has 106 valence electrons. The van der Waals surface area contributed by atoms with Gasteiger partial charge < -0.3 is 10.2 Å². The number of halogens is 1. The Kier molecular flexibility index (Phi) is 4.12. The summed E-state index contributed by atoms with van der Waals surface area (Å²) in [7, 11) is 0. The standard InChI is InChI=1S/C16H25ClN2/c1-11(2)15-9-18-16(4,5)10-19(15)14-8-12(3)6-7-13(14)17/h6-8,11,15,18H,9-10H2,1-5H3. The lowest BCUT2D eigenvalue weighted by atomic mass is 9.92. The molecule has 1 aromatic rings. The molecule has 0 bridgehead atoms. The maximum absolute atomic E-state index is 6.43. The van der Waals surface area contributed by atoms with Gasteiger partial charge in [0.1, 0.15) is 0 Å². The Morgan fingerprint density at radius 2 is 2.05 bits per heavy atom. The summed E-state index contributed by atoms with van der Waals surface area (Å²) in [6.45, 7) is 13.2. The Balaban J connectivity index is 2.39. The maximum atomic E-state index is 6.43. The van der Waals surface area contributed by atoms with E-state index < -0.39 is 0 Å². The second kappa shape index (κ2) is 5.34. The first-order valence-corrected chi connectivity index (χ1v) is 7.46. The second-order valence-corrected chi connectivity index (χ2v) is 7.07. The van der Waals surface area contributed by atoms with E-state index in [1.165, 1.54) is 11.3 Å². The fraction of sp³-hybridized carbons (Fsp3) is 0.625. The molecule has 1 aliphatic rings. The van der Waals surface area contributed by atoms with Gasteiger partial charge in [0.25, 0.3) is 0 Å². The summed E-state index contributed by atoms with van der Waals surface area (Å²) in [5, 5.41) is 4.49. The molecule has 0 radical (unpaired) electrons. The van der Waals surface area contributed by atoms with Crippen LogP contribution in [0.2, 0.25) is 5.02 Å². The zero-order chi connectivity index (χ0) is 14.2. The molecule has 1 unspecified atom stereocenters. The van der Waals surface area contributed by atoms with Gasteiger partial charge in [-0.1, -0.05) is 31.5 Å². The Hall–Kier alpha value is -0.730. The van der Waals surface area contributed by atoms with Crippen molar-refractivity contribution >= 4 is 17.3 Å². The lowest BCUT2D eigenvalue weighted by molar-refractivity contribution is 0.277. The van der Waals surface area contributed by atoms with Gasteiger partial charge in [0, 0.05) is 24.7 Å². The van der Waals surface area contributed by atoms with Crippen LogP contribution in [0.1, 0.15) is 33.3 Å². The fourth-order valence-corrected chi connectivity index (χ4v) is 3.02. The molecule has 2 nitrogen and oxygen atoms in total. The number of nitrogens with one attached hydrogen (secondary N) is 1. The number of rotatable bonds is 2. The van der Waals surface area contributed by atoms with E-state index in [1.54, 1.807) is 0 Å². The third kappa shape index (κ3) is 3.24. The van der Waals surface area contributed by atoms with Gasteiger partial charge in [0.15, 0.2) is 0 Å². The van der Waals surface area contributed by atoms with Crippen molar-refractivity contribution in [3.63, 3.8) is 0 Å². The molecule has 0 spiro atoms. The second-order valence-electron chi connectivity index (χ2n) is 6.66. The van der Waals surface area contributed by atoms with Crippen LogP contribution in [-0.2, 0) is 0 Å². The number of benzene rings is 1. The van der Waals surface area contributed by atoms with Gasteiger partial charge in [-0.05, 0) is 44.4 Å². The van der Waals surface area contributed by atoms with Gasteiger partial charge in [0.05, 0.1) is 10.7 Å². The third-order valence-corrected chi connectivity index (χ3v) is 4.26. The number of piperazine rings is 1. The summed E-state index contributed by atoms with van der Waals surface area (Å²) in [6, 6.07) is 6.79. The van der Waals surface area contributed by atoms with E-state index >= 15 is 0 Å². The minimum atomic E-state index is 0.123. The average Bonchev–Trinajstić information content (AvgIpc) is 2.30. The summed E-state index contributed by atoms with van der Waals surface area (Å²) in [4.78, 5) is 2.48. The Bertz CT molecular complexity index is 454. The van der Waals surface area contributed by atoms with E-state index in [0.29, 0.717) is 12.0 Å². The van der Waals surface area contributed by atoms with Crippen molar-refractivity contribution in [1.29, 1.82) is 0 Å². The zero-order valence-electron chi connectivity index (χ0n) is 12.6. The lowest BCUT2D eigenvalue weighted by Crippen LogP contribution is -2.63. The molecule has 0 saturated carbocycles. The molecule has 1 fully saturated rings. The number of hydrogen-bond donors (Lipinski definition) is 1. The smallest absolute Gasteiger partial charge is 0.0639 e. The predicted molar refractivity (Wildman–Crippen MR) is 84.2 cm³/mol. The molecule has 2 rings (SSSR count).